The van der Waals surface area contributed by atoms with Crippen LogP contribution in [0.25, 0.3) is 5.57 Å². The van der Waals surface area contributed by atoms with Gasteiger partial charge >= 0.3 is 0 Å². The van der Waals surface area contributed by atoms with Crippen molar-refractivity contribution in [2.24, 2.45) is 0 Å². The molecule has 2 rings (SSSR count). The van der Waals surface area contributed by atoms with Crippen molar-refractivity contribution in [3.05, 3.63) is 39.8 Å². The maximum atomic E-state index is 12.7. The van der Waals surface area contributed by atoms with E-state index in [-0.39, 0.29) is 18.4 Å². The minimum atomic E-state index is -0.306. The standard InChI is InChI=1S/C17H20ClNO4S/c1-2-23-10-3-8-19-16(21)14(12-4-6-13(18)7-5-12)15(17(19)22)24-11-9-20/h4-7,20H,2-3,8-11H2,1H3. The van der Waals surface area contributed by atoms with Gasteiger partial charge in [0.05, 0.1) is 17.1 Å². The summed E-state index contributed by atoms with van der Waals surface area (Å²) in [6.07, 6.45) is 0.594. The third kappa shape index (κ3) is 4.39. The topological polar surface area (TPSA) is 66.8 Å². The first-order chi connectivity index (χ1) is 11.6. The van der Waals surface area contributed by atoms with Gasteiger partial charge in [-0.05, 0) is 31.0 Å². The number of aliphatic hydroxyl groups excluding tert-OH is 1. The summed E-state index contributed by atoms with van der Waals surface area (Å²) in [6, 6.07) is 6.83. The van der Waals surface area contributed by atoms with Crippen molar-refractivity contribution in [2.45, 2.75) is 13.3 Å². The van der Waals surface area contributed by atoms with Crippen molar-refractivity contribution in [1.82, 2.24) is 4.90 Å². The molecule has 130 valence electrons. The van der Waals surface area contributed by atoms with E-state index in [1.54, 1.807) is 24.3 Å². The summed E-state index contributed by atoms with van der Waals surface area (Å²) in [4.78, 5) is 27.0. The molecule has 1 aliphatic rings. The normalized spacial score (nSPS) is 14.9. The minimum Gasteiger partial charge on any atom is -0.396 e. The molecule has 0 aromatic heterocycles. The summed E-state index contributed by atoms with van der Waals surface area (Å²) in [5.74, 6) is -0.253. The number of carbonyl (C=O) groups excluding carboxylic acids is 2. The number of halogens is 1. The maximum absolute atomic E-state index is 12.7. The van der Waals surface area contributed by atoms with E-state index in [2.05, 4.69) is 0 Å². The van der Waals surface area contributed by atoms with E-state index < -0.39 is 0 Å². The number of nitrogens with zero attached hydrogens (tertiary/aromatic N) is 1. The van der Waals surface area contributed by atoms with Gasteiger partial charge in [-0.3, -0.25) is 14.5 Å². The number of carbonyl (C=O) groups is 2. The maximum Gasteiger partial charge on any atom is 0.267 e. The van der Waals surface area contributed by atoms with Gasteiger partial charge in [-0.15, -0.1) is 11.8 Å². The van der Waals surface area contributed by atoms with Gasteiger partial charge in [-0.2, -0.15) is 0 Å². The Bertz CT molecular complexity index is 630. The Labute approximate surface area is 150 Å². The molecule has 24 heavy (non-hydrogen) atoms. The average molecular weight is 370 g/mol. The van der Waals surface area contributed by atoms with Gasteiger partial charge in [0, 0.05) is 30.5 Å². The number of hydrogen-bond donors (Lipinski definition) is 1. The van der Waals surface area contributed by atoms with Crippen molar-refractivity contribution in [1.29, 1.82) is 0 Å². The Morgan fingerprint density at radius 1 is 1.21 bits per heavy atom. The highest BCUT2D eigenvalue weighted by atomic mass is 35.5. The van der Waals surface area contributed by atoms with Crippen LogP contribution in [0.1, 0.15) is 18.9 Å². The Morgan fingerprint density at radius 3 is 2.54 bits per heavy atom. The molecule has 0 unspecified atom stereocenters. The lowest BCUT2D eigenvalue weighted by atomic mass is 10.1. The van der Waals surface area contributed by atoms with E-state index in [0.717, 1.165) is 0 Å². The largest absolute Gasteiger partial charge is 0.396 e. The van der Waals surface area contributed by atoms with E-state index in [1.165, 1.54) is 16.7 Å². The van der Waals surface area contributed by atoms with Crippen LogP contribution in [-0.4, -0.2) is 53.9 Å². The van der Waals surface area contributed by atoms with Crippen molar-refractivity contribution >= 4 is 40.8 Å². The zero-order valence-electron chi connectivity index (χ0n) is 13.5. The van der Waals surface area contributed by atoms with Gasteiger partial charge in [-0.25, -0.2) is 0 Å². The summed E-state index contributed by atoms with van der Waals surface area (Å²) in [6.45, 7) is 3.26. The van der Waals surface area contributed by atoms with Crippen LogP contribution in [0.15, 0.2) is 29.2 Å². The molecule has 0 spiro atoms. The summed E-state index contributed by atoms with van der Waals surface area (Å²) in [7, 11) is 0. The van der Waals surface area contributed by atoms with E-state index >= 15 is 0 Å². The molecule has 1 aromatic carbocycles. The molecule has 0 fully saturated rings. The fourth-order valence-corrected chi connectivity index (χ4v) is 3.38. The molecule has 1 aliphatic heterocycles. The van der Waals surface area contributed by atoms with Crippen LogP contribution in [0, 0.1) is 0 Å². The van der Waals surface area contributed by atoms with Crippen molar-refractivity contribution in [3.8, 4) is 0 Å². The monoisotopic (exact) mass is 369 g/mol. The predicted octanol–water partition coefficient (Wildman–Crippen LogP) is 2.57. The molecular weight excluding hydrogens is 350 g/mol. The van der Waals surface area contributed by atoms with Gasteiger partial charge in [0.1, 0.15) is 0 Å². The lowest BCUT2D eigenvalue weighted by Gasteiger charge is -2.14. The number of rotatable bonds is 9. The Balaban J connectivity index is 2.24. The van der Waals surface area contributed by atoms with Crippen LogP contribution in [0.4, 0.5) is 0 Å². The number of imide groups is 1. The molecule has 1 N–H and O–H groups in total. The Hall–Kier alpha value is -1.34. The second-order valence-corrected chi connectivity index (χ2v) is 6.64. The van der Waals surface area contributed by atoms with E-state index in [0.29, 0.717) is 53.0 Å². The molecule has 7 heteroatoms. The average Bonchev–Trinajstić information content (AvgIpc) is 2.81. The summed E-state index contributed by atoms with van der Waals surface area (Å²) < 4.78 is 5.26. The van der Waals surface area contributed by atoms with Crippen molar-refractivity contribution < 1.29 is 19.4 Å². The minimum absolute atomic E-state index is 0.0616. The van der Waals surface area contributed by atoms with Crippen LogP contribution in [0.3, 0.4) is 0 Å². The van der Waals surface area contributed by atoms with E-state index in [9.17, 15) is 9.59 Å². The third-order valence-electron chi connectivity index (χ3n) is 3.47. The molecular formula is C17H20ClNO4S. The molecule has 1 aromatic rings. The summed E-state index contributed by atoms with van der Waals surface area (Å²) in [5, 5.41) is 9.62. The van der Waals surface area contributed by atoms with E-state index in [1.807, 2.05) is 6.92 Å². The zero-order chi connectivity index (χ0) is 17.5. The van der Waals surface area contributed by atoms with Gasteiger partial charge in [0.15, 0.2) is 0 Å². The first-order valence-corrected chi connectivity index (χ1v) is 9.14. The fourth-order valence-electron chi connectivity index (χ4n) is 2.38. The first-order valence-electron chi connectivity index (χ1n) is 7.78. The van der Waals surface area contributed by atoms with E-state index in [4.69, 9.17) is 21.4 Å². The highest BCUT2D eigenvalue weighted by Crippen LogP contribution is 2.36. The van der Waals surface area contributed by atoms with Crippen LogP contribution in [-0.2, 0) is 14.3 Å². The molecule has 1 heterocycles. The molecule has 0 saturated carbocycles. The molecule has 0 bridgehead atoms. The van der Waals surface area contributed by atoms with Crippen LogP contribution < -0.4 is 0 Å². The highest BCUT2D eigenvalue weighted by Gasteiger charge is 2.38. The first kappa shape index (κ1) is 19.0. The molecule has 0 atom stereocenters. The van der Waals surface area contributed by atoms with Gasteiger partial charge in [-0.1, -0.05) is 23.7 Å². The predicted molar refractivity (Wildman–Crippen MR) is 95.7 cm³/mol. The molecule has 0 radical (unpaired) electrons. The third-order valence-corrected chi connectivity index (χ3v) is 4.78. The Kier molecular flexibility index (Phi) is 7.30. The second kappa shape index (κ2) is 9.22. The summed E-state index contributed by atoms with van der Waals surface area (Å²) in [5.41, 5.74) is 1.04. The number of thioether (sulfide) groups is 1. The number of ether oxygens (including phenoxy) is 1. The van der Waals surface area contributed by atoms with Crippen LogP contribution in [0.2, 0.25) is 5.02 Å². The lowest BCUT2D eigenvalue weighted by molar-refractivity contribution is -0.136. The summed E-state index contributed by atoms with van der Waals surface area (Å²) >= 11 is 7.10. The number of benzene rings is 1. The van der Waals surface area contributed by atoms with Crippen molar-refractivity contribution in [3.63, 3.8) is 0 Å². The quantitative estimate of drug-likeness (QED) is 0.535. The number of aliphatic hydroxyl groups is 1. The fraction of sp³-hybridized carbons (Fsp3) is 0.412. The zero-order valence-corrected chi connectivity index (χ0v) is 15.0. The van der Waals surface area contributed by atoms with Gasteiger partial charge in [0.2, 0.25) is 0 Å². The number of amides is 2. The van der Waals surface area contributed by atoms with Gasteiger partial charge < -0.3 is 9.84 Å². The Morgan fingerprint density at radius 2 is 1.92 bits per heavy atom. The smallest absolute Gasteiger partial charge is 0.267 e. The van der Waals surface area contributed by atoms with Crippen LogP contribution >= 0.6 is 23.4 Å². The van der Waals surface area contributed by atoms with Gasteiger partial charge in [0.25, 0.3) is 11.8 Å². The van der Waals surface area contributed by atoms with Crippen LogP contribution in [0.5, 0.6) is 0 Å². The molecule has 2 amide bonds. The molecule has 0 saturated heterocycles. The SMILES string of the molecule is CCOCCCN1C(=O)C(SCCO)=C(c2ccc(Cl)cc2)C1=O. The molecule has 0 aliphatic carbocycles. The van der Waals surface area contributed by atoms with Crippen molar-refractivity contribution in [2.75, 3.05) is 32.1 Å². The second-order valence-electron chi connectivity index (χ2n) is 5.10. The molecule has 5 nitrogen and oxygen atoms in total. The highest BCUT2D eigenvalue weighted by molar-refractivity contribution is 8.04. The number of hydrogen-bond acceptors (Lipinski definition) is 5. The lowest BCUT2D eigenvalue weighted by Crippen LogP contribution is -2.33.